The quantitative estimate of drug-likeness (QED) is 0.347. The Bertz CT molecular complexity index is 625. The molecule has 0 aromatic heterocycles. The van der Waals surface area contributed by atoms with E-state index in [0.717, 1.165) is 6.92 Å². The summed E-state index contributed by atoms with van der Waals surface area (Å²) in [7, 11) is 0. The highest BCUT2D eigenvalue weighted by Gasteiger charge is 2.48. The number of rotatable bonds is 4. The van der Waals surface area contributed by atoms with E-state index in [0.29, 0.717) is 31.8 Å². The Hall–Kier alpha value is -1.74. The third kappa shape index (κ3) is 6.64. The van der Waals surface area contributed by atoms with Gasteiger partial charge in [0.15, 0.2) is 0 Å². The number of hydrogen-bond acceptors (Lipinski definition) is 4. The second kappa shape index (κ2) is 9.38. The standard InChI is InChI=1S/C19H24F6O4/c1-11(17(27)29-15-9-5-3-7-13(15)19(23,24)25)10-16(26)28-14-8-4-2-6-12(14)18(20,21)22/h10,12-15H,2-9H2,1H3/b11-10-. The number of ether oxygens (including phenoxy) is 2. The normalized spacial score (nSPS) is 29.3. The molecular formula is C19H24F6O4. The molecule has 166 valence electrons. The highest BCUT2D eigenvalue weighted by atomic mass is 19.4. The van der Waals surface area contributed by atoms with Gasteiger partial charge in [-0.25, -0.2) is 9.59 Å². The van der Waals surface area contributed by atoms with Crippen LogP contribution in [0.2, 0.25) is 0 Å². The summed E-state index contributed by atoms with van der Waals surface area (Å²) in [6.45, 7) is 1.15. The first-order valence-electron chi connectivity index (χ1n) is 9.63. The Balaban J connectivity index is 1.98. The molecule has 2 fully saturated rings. The fourth-order valence-corrected chi connectivity index (χ4v) is 3.87. The van der Waals surface area contributed by atoms with E-state index in [2.05, 4.69) is 0 Å². The van der Waals surface area contributed by atoms with Gasteiger partial charge in [-0.15, -0.1) is 0 Å². The van der Waals surface area contributed by atoms with Crippen LogP contribution in [0.3, 0.4) is 0 Å². The molecule has 10 heteroatoms. The number of alkyl halides is 6. The summed E-state index contributed by atoms with van der Waals surface area (Å²) in [4.78, 5) is 24.1. The van der Waals surface area contributed by atoms with Crippen LogP contribution in [0, 0.1) is 11.8 Å². The monoisotopic (exact) mass is 430 g/mol. The molecule has 2 aliphatic rings. The smallest absolute Gasteiger partial charge is 0.395 e. The van der Waals surface area contributed by atoms with Crippen molar-refractivity contribution in [3.63, 3.8) is 0 Å². The lowest BCUT2D eigenvalue weighted by Crippen LogP contribution is -2.40. The van der Waals surface area contributed by atoms with Crippen LogP contribution in [0.15, 0.2) is 11.6 Å². The molecule has 4 unspecified atom stereocenters. The van der Waals surface area contributed by atoms with Crippen LogP contribution in [-0.2, 0) is 19.1 Å². The minimum absolute atomic E-state index is 0.0581. The lowest BCUT2D eigenvalue weighted by molar-refractivity contribution is -0.216. The fourth-order valence-electron chi connectivity index (χ4n) is 3.87. The summed E-state index contributed by atoms with van der Waals surface area (Å²) in [6, 6.07) is 0. The van der Waals surface area contributed by atoms with Gasteiger partial charge in [0.2, 0.25) is 0 Å². The molecule has 0 spiro atoms. The Kier molecular flexibility index (Phi) is 7.62. The van der Waals surface area contributed by atoms with Gasteiger partial charge in [-0.2, -0.15) is 26.3 Å². The van der Waals surface area contributed by atoms with E-state index < -0.39 is 48.3 Å². The van der Waals surface area contributed by atoms with Crippen LogP contribution < -0.4 is 0 Å². The van der Waals surface area contributed by atoms with Gasteiger partial charge in [-0.1, -0.05) is 12.8 Å². The summed E-state index contributed by atoms with van der Waals surface area (Å²) in [5, 5.41) is 0. The van der Waals surface area contributed by atoms with Crippen molar-refractivity contribution in [2.45, 2.75) is 82.9 Å². The predicted octanol–water partition coefficient (Wildman–Crippen LogP) is 5.26. The minimum Gasteiger partial charge on any atom is -0.459 e. The van der Waals surface area contributed by atoms with Crippen molar-refractivity contribution >= 4 is 11.9 Å². The van der Waals surface area contributed by atoms with Crippen molar-refractivity contribution in [3.8, 4) is 0 Å². The van der Waals surface area contributed by atoms with E-state index in [9.17, 15) is 35.9 Å². The van der Waals surface area contributed by atoms with E-state index in [1.807, 2.05) is 0 Å². The Morgan fingerprint density at radius 1 is 0.759 bits per heavy atom. The molecule has 2 aliphatic carbocycles. The Morgan fingerprint density at radius 2 is 1.17 bits per heavy atom. The second-order valence-corrected chi connectivity index (χ2v) is 7.61. The first-order chi connectivity index (χ1) is 13.4. The molecule has 29 heavy (non-hydrogen) atoms. The summed E-state index contributed by atoms with van der Waals surface area (Å²) in [5.41, 5.74) is -0.319. The van der Waals surface area contributed by atoms with Crippen LogP contribution in [0.5, 0.6) is 0 Å². The van der Waals surface area contributed by atoms with Gasteiger partial charge in [0, 0.05) is 11.6 Å². The van der Waals surface area contributed by atoms with Crippen molar-refractivity contribution < 1.29 is 45.4 Å². The zero-order valence-corrected chi connectivity index (χ0v) is 15.9. The fraction of sp³-hybridized carbons (Fsp3) is 0.789. The van der Waals surface area contributed by atoms with Gasteiger partial charge in [0.1, 0.15) is 12.2 Å². The van der Waals surface area contributed by atoms with Gasteiger partial charge in [-0.3, -0.25) is 0 Å². The van der Waals surface area contributed by atoms with Crippen LogP contribution in [0.4, 0.5) is 26.3 Å². The minimum atomic E-state index is -4.50. The van der Waals surface area contributed by atoms with E-state index >= 15 is 0 Å². The van der Waals surface area contributed by atoms with Gasteiger partial charge < -0.3 is 9.47 Å². The maximum Gasteiger partial charge on any atom is 0.395 e. The van der Waals surface area contributed by atoms with Crippen LogP contribution in [-0.4, -0.2) is 36.5 Å². The van der Waals surface area contributed by atoms with Gasteiger partial charge in [0.25, 0.3) is 0 Å². The Morgan fingerprint density at radius 3 is 1.62 bits per heavy atom. The molecule has 0 bridgehead atoms. The lowest BCUT2D eigenvalue weighted by atomic mass is 9.86. The number of carbonyl (C=O) groups is 2. The van der Waals surface area contributed by atoms with Crippen molar-refractivity contribution in [2.75, 3.05) is 0 Å². The predicted molar refractivity (Wildman–Crippen MR) is 89.5 cm³/mol. The first kappa shape index (κ1) is 23.5. The topological polar surface area (TPSA) is 52.6 Å². The number of carbonyl (C=O) groups excluding carboxylic acids is 2. The van der Waals surface area contributed by atoms with E-state index in [4.69, 9.17) is 9.47 Å². The molecule has 0 saturated heterocycles. The van der Waals surface area contributed by atoms with Crippen molar-refractivity contribution in [3.05, 3.63) is 11.6 Å². The molecule has 2 rings (SSSR count). The molecule has 4 atom stereocenters. The molecule has 2 saturated carbocycles. The van der Waals surface area contributed by atoms with Crippen LogP contribution in [0.25, 0.3) is 0 Å². The molecular weight excluding hydrogens is 406 g/mol. The average molecular weight is 430 g/mol. The number of esters is 2. The van der Waals surface area contributed by atoms with Crippen molar-refractivity contribution in [1.82, 2.24) is 0 Å². The van der Waals surface area contributed by atoms with Crippen molar-refractivity contribution in [2.24, 2.45) is 11.8 Å². The second-order valence-electron chi connectivity index (χ2n) is 7.61. The molecule has 0 aromatic carbocycles. The van der Waals surface area contributed by atoms with E-state index in [1.54, 1.807) is 0 Å². The maximum absolute atomic E-state index is 13.1. The molecule has 0 radical (unpaired) electrons. The summed E-state index contributed by atoms with van der Waals surface area (Å²) in [5.74, 6) is -5.79. The van der Waals surface area contributed by atoms with E-state index in [1.165, 1.54) is 0 Å². The highest BCUT2D eigenvalue weighted by Crippen LogP contribution is 2.40. The van der Waals surface area contributed by atoms with Crippen molar-refractivity contribution in [1.29, 1.82) is 0 Å². The Labute approximate surface area is 164 Å². The van der Waals surface area contributed by atoms with E-state index in [-0.39, 0.29) is 31.3 Å². The highest BCUT2D eigenvalue weighted by molar-refractivity contribution is 5.96. The largest absolute Gasteiger partial charge is 0.459 e. The SMILES string of the molecule is C/C(=C/C(=O)OC1CCCCC1C(F)(F)F)C(=O)OC1CCCCC1C(F)(F)F. The molecule has 4 nitrogen and oxygen atoms in total. The molecule has 0 N–H and O–H groups in total. The molecule has 0 heterocycles. The van der Waals surface area contributed by atoms with Gasteiger partial charge in [0.05, 0.1) is 11.8 Å². The average Bonchev–Trinajstić information content (AvgIpc) is 2.60. The van der Waals surface area contributed by atoms with Gasteiger partial charge in [-0.05, 0) is 45.4 Å². The van der Waals surface area contributed by atoms with Gasteiger partial charge >= 0.3 is 24.3 Å². The summed E-state index contributed by atoms with van der Waals surface area (Å²) < 4.78 is 88.2. The summed E-state index contributed by atoms with van der Waals surface area (Å²) in [6.07, 6.45) is -9.48. The first-order valence-corrected chi connectivity index (χ1v) is 9.63. The molecule has 0 amide bonds. The number of hydrogen-bond donors (Lipinski definition) is 0. The lowest BCUT2D eigenvalue weighted by Gasteiger charge is -2.32. The zero-order chi connectivity index (χ0) is 21.8. The molecule has 0 aliphatic heterocycles. The number of halogens is 6. The summed E-state index contributed by atoms with van der Waals surface area (Å²) >= 11 is 0. The maximum atomic E-state index is 13.1. The zero-order valence-electron chi connectivity index (χ0n) is 15.9. The third-order valence-corrected chi connectivity index (χ3v) is 5.43. The molecule has 0 aromatic rings. The van der Waals surface area contributed by atoms with Crippen LogP contribution >= 0.6 is 0 Å². The van der Waals surface area contributed by atoms with Crippen LogP contribution in [0.1, 0.15) is 58.3 Å². The third-order valence-electron chi connectivity index (χ3n) is 5.43.